The van der Waals surface area contributed by atoms with E-state index in [9.17, 15) is 9.59 Å². The predicted molar refractivity (Wildman–Crippen MR) is 95.5 cm³/mol. The Bertz CT molecular complexity index is 621. The second-order valence-electron chi connectivity index (χ2n) is 4.46. The normalized spacial score (nSPS) is 10.1. The van der Waals surface area contributed by atoms with Gasteiger partial charge in [-0.15, -0.1) is 0 Å². The highest BCUT2D eigenvalue weighted by molar-refractivity contribution is 8.13. The molecule has 0 saturated heterocycles. The van der Waals surface area contributed by atoms with Gasteiger partial charge in [-0.25, -0.2) is 9.59 Å². The molecule has 0 atom stereocenters. The Hall–Kier alpha value is -2.20. The molecule has 0 aliphatic rings. The molecule has 0 fully saturated rings. The average Bonchev–Trinajstić information content (AvgIpc) is 2.56. The van der Waals surface area contributed by atoms with E-state index in [1.165, 1.54) is 26.4 Å². The van der Waals surface area contributed by atoms with Crippen molar-refractivity contribution in [3.63, 3.8) is 0 Å². The van der Waals surface area contributed by atoms with Crippen LogP contribution in [0, 0.1) is 10.8 Å². The molecule has 130 valence electrons. The lowest BCUT2D eigenvalue weighted by molar-refractivity contribution is 0.0585. The lowest BCUT2D eigenvalue weighted by Gasteiger charge is -2.14. The van der Waals surface area contributed by atoms with E-state index < -0.39 is 11.9 Å². The Morgan fingerprint density at radius 3 is 1.50 bits per heavy atom. The predicted octanol–water partition coefficient (Wildman–Crippen LogP) is 1.51. The number of thioether (sulfide) groups is 2. The third-order valence-electron chi connectivity index (χ3n) is 2.91. The molecule has 10 heteroatoms. The number of hydrogen-bond donors (Lipinski definition) is 4. The summed E-state index contributed by atoms with van der Waals surface area (Å²) in [5.74, 6) is -0.687. The van der Waals surface area contributed by atoms with Gasteiger partial charge in [0.05, 0.1) is 25.3 Å². The van der Waals surface area contributed by atoms with Crippen LogP contribution in [0.2, 0.25) is 0 Å². The molecule has 0 aliphatic heterocycles. The number of rotatable bonds is 6. The van der Waals surface area contributed by atoms with E-state index in [1.807, 2.05) is 0 Å². The Morgan fingerprint density at radius 2 is 1.25 bits per heavy atom. The summed E-state index contributed by atoms with van der Waals surface area (Å²) in [7, 11) is 2.50. The molecule has 1 aromatic rings. The number of amidine groups is 2. The van der Waals surface area contributed by atoms with Crippen LogP contribution in [0.15, 0.2) is 12.1 Å². The van der Waals surface area contributed by atoms with Crippen molar-refractivity contribution in [2.75, 3.05) is 14.2 Å². The number of nitrogens with two attached hydrogens (primary N) is 2. The number of ether oxygens (including phenoxy) is 2. The first-order valence-corrected chi connectivity index (χ1v) is 8.53. The molecular formula is C14H18N4O4S2. The Morgan fingerprint density at radius 1 is 0.917 bits per heavy atom. The topological polar surface area (TPSA) is 152 Å². The molecule has 0 spiro atoms. The SMILES string of the molecule is COC(=O)c1cc(CSC(=N)N)c(C(=O)OC)cc1CSC(=N)N. The van der Waals surface area contributed by atoms with Crippen LogP contribution in [-0.2, 0) is 21.0 Å². The highest BCUT2D eigenvalue weighted by Gasteiger charge is 2.20. The van der Waals surface area contributed by atoms with Crippen LogP contribution >= 0.6 is 23.5 Å². The number of carbonyl (C=O) groups excluding carboxylic acids is 2. The standard InChI is InChI=1S/C14H18N4O4S2/c1-21-11(19)9-3-8(6-24-14(17)18)10(12(20)22-2)4-7(9)5-23-13(15)16/h3-4H,5-6H2,1-2H3,(H3,15,16)(H3,17,18). The molecule has 0 aromatic heterocycles. The van der Waals surface area contributed by atoms with Gasteiger partial charge in [-0.1, -0.05) is 23.5 Å². The van der Waals surface area contributed by atoms with Crippen molar-refractivity contribution in [3.8, 4) is 0 Å². The van der Waals surface area contributed by atoms with E-state index in [-0.39, 0.29) is 33.0 Å². The molecule has 0 saturated carbocycles. The van der Waals surface area contributed by atoms with Gasteiger partial charge in [0.1, 0.15) is 0 Å². The lowest BCUT2D eigenvalue weighted by atomic mass is 10.00. The zero-order valence-corrected chi connectivity index (χ0v) is 14.8. The summed E-state index contributed by atoms with van der Waals surface area (Å²) >= 11 is 2.04. The van der Waals surface area contributed by atoms with Crippen LogP contribution in [-0.4, -0.2) is 36.5 Å². The molecule has 0 amide bonds. The van der Waals surface area contributed by atoms with Gasteiger partial charge in [0.25, 0.3) is 0 Å². The van der Waals surface area contributed by atoms with Crippen molar-refractivity contribution in [3.05, 3.63) is 34.4 Å². The second kappa shape index (κ2) is 9.18. The van der Waals surface area contributed by atoms with Crippen molar-refractivity contribution in [2.45, 2.75) is 11.5 Å². The van der Waals surface area contributed by atoms with Gasteiger partial charge in [0.2, 0.25) is 0 Å². The number of hydrogen-bond acceptors (Lipinski definition) is 8. The van der Waals surface area contributed by atoms with Crippen LogP contribution < -0.4 is 11.5 Å². The van der Waals surface area contributed by atoms with Gasteiger partial charge in [-0.05, 0) is 23.3 Å². The van der Waals surface area contributed by atoms with Crippen LogP contribution in [0.25, 0.3) is 0 Å². The van der Waals surface area contributed by atoms with Crippen molar-refractivity contribution in [1.29, 1.82) is 10.8 Å². The Kier molecular flexibility index (Phi) is 7.59. The second-order valence-corrected chi connectivity index (χ2v) is 6.49. The molecule has 6 N–H and O–H groups in total. The number of methoxy groups -OCH3 is 2. The molecule has 0 aliphatic carbocycles. The van der Waals surface area contributed by atoms with Crippen molar-refractivity contribution in [1.82, 2.24) is 0 Å². The molecule has 1 aromatic carbocycles. The highest BCUT2D eigenvalue weighted by Crippen LogP contribution is 2.26. The van der Waals surface area contributed by atoms with E-state index in [2.05, 4.69) is 0 Å². The fourth-order valence-corrected chi connectivity index (χ4v) is 2.94. The molecule has 0 radical (unpaired) electrons. The largest absolute Gasteiger partial charge is 0.465 e. The summed E-state index contributed by atoms with van der Waals surface area (Å²) in [6, 6.07) is 3.04. The smallest absolute Gasteiger partial charge is 0.338 e. The van der Waals surface area contributed by atoms with Crippen molar-refractivity contribution >= 4 is 45.8 Å². The van der Waals surface area contributed by atoms with Crippen LogP contribution in [0.5, 0.6) is 0 Å². The molecular weight excluding hydrogens is 352 g/mol. The van der Waals surface area contributed by atoms with Gasteiger partial charge < -0.3 is 20.9 Å². The summed E-state index contributed by atoms with van der Waals surface area (Å²) in [6.07, 6.45) is 0. The van der Waals surface area contributed by atoms with Gasteiger partial charge in [-0.3, -0.25) is 10.8 Å². The van der Waals surface area contributed by atoms with Gasteiger partial charge >= 0.3 is 11.9 Å². The minimum Gasteiger partial charge on any atom is -0.465 e. The zero-order chi connectivity index (χ0) is 18.3. The van der Waals surface area contributed by atoms with E-state index in [0.29, 0.717) is 11.1 Å². The van der Waals surface area contributed by atoms with Gasteiger partial charge in [-0.2, -0.15) is 0 Å². The number of nitrogens with one attached hydrogen (secondary N) is 2. The zero-order valence-electron chi connectivity index (χ0n) is 13.2. The number of esters is 2. The van der Waals surface area contributed by atoms with Gasteiger partial charge in [0, 0.05) is 11.5 Å². The Labute approximate surface area is 147 Å². The summed E-state index contributed by atoms with van der Waals surface area (Å²) in [4.78, 5) is 24.0. The summed E-state index contributed by atoms with van der Waals surface area (Å²) < 4.78 is 9.54. The van der Waals surface area contributed by atoms with E-state index in [4.69, 9.17) is 31.8 Å². The molecule has 0 bridgehead atoms. The average molecular weight is 370 g/mol. The van der Waals surface area contributed by atoms with Crippen molar-refractivity contribution in [2.24, 2.45) is 11.5 Å². The van der Waals surface area contributed by atoms with E-state index in [1.54, 1.807) is 0 Å². The fraction of sp³-hybridized carbons (Fsp3) is 0.286. The lowest BCUT2D eigenvalue weighted by Crippen LogP contribution is -2.14. The first kappa shape index (κ1) is 19.8. The fourth-order valence-electron chi connectivity index (χ4n) is 1.84. The minimum atomic E-state index is -0.570. The maximum atomic E-state index is 12.0. The summed E-state index contributed by atoms with van der Waals surface area (Å²) in [5.41, 5.74) is 12.2. The third-order valence-corrected chi connectivity index (χ3v) is 4.44. The quantitative estimate of drug-likeness (QED) is 0.334. The molecule has 24 heavy (non-hydrogen) atoms. The monoisotopic (exact) mass is 370 g/mol. The van der Waals surface area contributed by atoms with Crippen LogP contribution in [0.4, 0.5) is 0 Å². The first-order valence-electron chi connectivity index (χ1n) is 6.56. The van der Waals surface area contributed by atoms with Crippen LogP contribution in [0.1, 0.15) is 31.8 Å². The minimum absolute atomic E-state index is 0.110. The number of carbonyl (C=O) groups is 2. The molecule has 0 heterocycles. The summed E-state index contributed by atoms with van der Waals surface area (Å²) in [6.45, 7) is 0. The highest BCUT2D eigenvalue weighted by atomic mass is 32.2. The first-order chi connectivity index (χ1) is 11.3. The maximum Gasteiger partial charge on any atom is 0.338 e. The Balaban J connectivity index is 3.40. The molecule has 8 nitrogen and oxygen atoms in total. The van der Waals surface area contributed by atoms with E-state index >= 15 is 0 Å². The van der Waals surface area contributed by atoms with Gasteiger partial charge in [0.15, 0.2) is 10.3 Å². The number of benzene rings is 1. The maximum absolute atomic E-state index is 12.0. The summed E-state index contributed by atoms with van der Waals surface area (Å²) in [5, 5.41) is 14.4. The molecule has 1 rings (SSSR count). The molecule has 0 unspecified atom stereocenters. The van der Waals surface area contributed by atoms with Crippen LogP contribution in [0.3, 0.4) is 0 Å². The third kappa shape index (κ3) is 5.46. The van der Waals surface area contributed by atoms with Crippen molar-refractivity contribution < 1.29 is 19.1 Å². The van der Waals surface area contributed by atoms with E-state index in [0.717, 1.165) is 23.5 Å².